The fourth-order valence-electron chi connectivity index (χ4n) is 4.15. The standard InChI is InChI=1S/C24H34O/c1-6-18-10-9-11-19(7-2)24(18)16-21(25)14-12-20-13-15-23(17(4)5)22(20)8-3/h9-11,13,15,17,22H,6-8,12,14,16H2,1-5H3. The third-order valence-corrected chi connectivity index (χ3v) is 5.61. The number of Topliss-reactive ketones (excluding diaryl/α,β-unsaturated/α-hetero) is 1. The maximum Gasteiger partial charge on any atom is 0.137 e. The topological polar surface area (TPSA) is 17.1 Å². The van der Waals surface area contributed by atoms with Crippen molar-refractivity contribution >= 4 is 5.78 Å². The molecule has 136 valence electrons. The van der Waals surface area contributed by atoms with E-state index in [9.17, 15) is 4.79 Å². The van der Waals surface area contributed by atoms with Crippen LogP contribution < -0.4 is 0 Å². The van der Waals surface area contributed by atoms with E-state index in [-0.39, 0.29) is 0 Å². The first kappa shape index (κ1) is 19.7. The molecule has 1 aromatic rings. The van der Waals surface area contributed by atoms with Gasteiger partial charge in [-0.15, -0.1) is 0 Å². The molecule has 0 radical (unpaired) electrons. The molecule has 1 aliphatic carbocycles. The van der Waals surface area contributed by atoms with E-state index < -0.39 is 0 Å². The predicted octanol–water partition coefficient (Wildman–Crippen LogP) is 6.25. The number of hydrogen-bond donors (Lipinski definition) is 0. The Labute approximate surface area is 154 Å². The predicted molar refractivity (Wildman–Crippen MR) is 108 cm³/mol. The molecule has 0 saturated heterocycles. The average Bonchev–Trinajstić information content (AvgIpc) is 3.03. The minimum Gasteiger partial charge on any atom is -0.299 e. The van der Waals surface area contributed by atoms with Crippen molar-refractivity contribution in [2.24, 2.45) is 11.8 Å². The van der Waals surface area contributed by atoms with Gasteiger partial charge in [-0.1, -0.05) is 76.1 Å². The second kappa shape index (κ2) is 9.17. The zero-order chi connectivity index (χ0) is 18.4. The zero-order valence-electron chi connectivity index (χ0n) is 16.7. The van der Waals surface area contributed by atoms with Gasteiger partial charge in [-0.05, 0) is 48.3 Å². The first-order valence-corrected chi connectivity index (χ1v) is 10.0. The Kier molecular flexibility index (Phi) is 7.23. The van der Waals surface area contributed by atoms with Crippen molar-refractivity contribution in [1.29, 1.82) is 0 Å². The van der Waals surface area contributed by atoms with E-state index in [1.165, 1.54) is 27.8 Å². The molecule has 0 aliphatic heterocycles. The number of hydrogen-bond acceptors (Lipinski definition) is 1. The van der Waals surface area contributed by atoms with Gasteiger partial charge in [0.05, 0.1) is 0 Å². The summed E-state index contributed by atoms with van der Waals surface area (Å²) in [5.41, 5.74) is 6.95. The molecule has 1 unspecified atom stereocenters. The number of rotatable bonds is 9. The highest BCUT2D eigenvalue weighted by atomic mass is 16.1. The summed E-state index contributed by atoms with van der Waals surface area (Å²) in [6.07, 6.45) is 9.89. The van der Waals surface area contributed by atoms with Crippen LogP contribution in [0.1, 0.15) is 70.6 Å². The Morgan fingerprint density at radius 1 is 1.04 bits per heavy atom. The van der Waals surface area contributed by atoms with E-state index in [4.69, 9.17) is 0 Å². The second-order valence-corrected chi connectivity index (χ2v) is 7.50. The zero-order valence-corrected chi connectivity index (χ0v) is 16.7. The van der Waals surface area contributed by atoms with Crippen LogP contribution in [-0.2, 0) is 24.1 Å². The van der Waals surface area contributed by atoms with Crippen LogP contribution >= 0.6 is 0 Å². The van der Waals surface area contributed by atoms with Crippen molar-refractivity contribution in [3.63, 3.8) is 0 Å². The van der Waals surface area contributed by atoms with Crippen molar-refractivity contribution in [2.45, 2.75) is 73.1 Å². The highest BCUT2D eigenvalue weighted by Gasteiger charge is 2.23. The molecule has 0 heterocycles. The lowest BCUT2D eigenvalue weighted by Gasteiger charge is -2.20. The van der Waals surface area contributed by atoms with Crippen molar-refractivity contribution in [3.8, 4) is 0 Å². The second-order valence-electron chi connectivity index (χ2n) is 7.50. The SMILES string of the molecule is CCc1cccc(CC)c1CC(=O)CCC1=CC=C(C(C)C)C1CC. The van der Waals surface area contributed by atoms with Crippen LogP contribution in [0.25, 0.3) is 0 Å². The number of allylic oxidation sites excluding steroid dienone is 4. The quantitative estimate of drug-likeness (QED) is 0.520. The van der Waals surface area contributed by atoms with Crippen LogP contribution in [0, 0.1) is 11.8 Å². The normalized spacial score (nSPS) is 17.0. The largest absolute Gasteiger partial charge is 0.299 e. The lowest BCUT2D eigenvalue weighted by atomic mass is 9.84. The summed E-state index contributed by atoms with van der Waals surface area (Å²) in [6, 6.07) is 6.47. The highest BCUT2D eigenvalue weighted by Crippen LogP contribution is 2.36. The van der Waals surface area contributed by atoms with Crippen molar-refractivity contribution in [1.82, 2.24) is 0 Å². The third kappa shape index (κ3) is 4.71. The summed E-state index contributed by atoms with van der Waals surface area (Å²) < 4.78 is 0. The third-order valence-electron chi connectivity index (χ3n) is 5.61. The Morgan fingerprint density at radius 2 is 1.68 bits per heavy atom. The molecule has 0 fully saturated rings. The summed E-state index contributed by atoms with van der Waals surface area (Å²) in [5, 5.41) is 0. The van der Waals surface area contributed by atoms with E-state index in [2.05, 4.69) is 65.0 Å². The Balaban J connectivity index is 1.99. The Morgan fingerprint density at radius 3 is 2.20 bits per heavy atom. The number of carbonyl (C=O) groups excluding carboxylic acids is 1. The van der Waals surface area contributed by atoms with E-state index in [1.54, 1.807) is 0 Å². The molecule has 0 spiro atoms. The van der Waals surface area contributed by atoms with Gasteiger partial charge >= 0.3 is 0 Å². The van der Waals surface area contributed by atoms with E-state index in [0.29, 0.717) is 30.5 Å². The first-order chi connectivity index (χ1) is 12.0. The maximum absolute atomic E-state index is 12.7. The van der Waals surface area contributed by atoms with Crippen LogP contribution in [0.2, 0.25) is 0 Å². The lowest BCUT2D eigenvalue weighted by Crippen LogP contribution is -2.11. The molecule has 0 bridgehead atoms. The minimum absolute atomic E-state index is 0.379. The van der Waals surface area contributed by atoms with Crippen LogP contribution in [0.4, 0.5) is 0 Å². The van der Waals surface area contributed by atoms with Crippen molar-refractivity contribution in [2.75, 3.05) is 0 Å². The van der Waals surface area contributed by atoms with Gasteiger partial charge in [-0.3, -0.25) is 4.79 Å². The summed E-state index contributed by atoms with van der Waals surface area (Å²) in [4.78, 5) is 12.7. The van der Waals surface area contributed by atoms with Gasteiger partial charge in [0.2, 0.25) is 0 Å². The number of carbonyl (C=O) groups is 1. The average molecular weight is 339 g/mol. The van der Waals surface area contributed by atoms with Gasteiger partial charge in [0.15, 0.2) is 0 Å². The summed E-state index contributed by atoms with van der Waals surface area (Å²) >= 11 is 0. The minimum atomic E-state index is 0.379. The van der Waals surface area contributed by atoms with Gasteiger partial charge < -0.3 is 0 Å². The van der Waals surface area contributed by atoms with Gasteiger partial charge in [-0.25, -0.2) is 0 Å². The van der Waals surface area contributed by atoms with Crippen molar-refractivity contribution in [3.05, 3.63) is 58.2 Å². The molecule has 1 nitrogen and oxygen atoms in total. The van der Waals surface area contributed by atoms with Gasteiger partial charge in [0.1, 0.15) is 5.78 Å². The summed E-state index contributed by atoms with van der Waals surface area (Å²) in [5.74, 6) is 1.53. The van der Waals surface area contributed by atoms with Gasteiger partial charge in [-0.2, -0.15) is 0 Å². The van der Waals surface area contributed by atoms with Crippen LogP contribution in [0.15, 0.2) is 41.5 Å². The summed E-state index contributed by atoms with van der Waals surface area (Å²) in [7, 11) is 0. The number of aryl methyl sites for hydroxylation is 2. The Hall–Kier alpha value is -1.63. The molecule has 1 atom stereocenters. The fraction of sp³-hybridized carbons (Fsp3) is 0.542. The molecule has 0 aromatic heterocycles. The highest BCUT2D eigenvalue weighted by molar-refractivity contribution is 5.82. The van der Waals surface area contributed by atoms with E-state index in [0.717, 1.165) is 25.7 Å². The molecular weight excluding hydrogens is 304 g/mol. The summed E-state index contributed by atoms with van der Waals surface area (Å²) in [6.45, 7) is 11.1. The molecule has 2 rings (SSSR count). The Bertz CT molecular complexity index is 638. The molecule has 0 saturated carbocycles. The van der Waals surface area contributed by atoms with Gasteiger partial charge in [0.25, 0.3) is 0 Å². The van der Waals surface area contributed by atoms with Crippen LogP contribution in [-0.4, -0.2) is 5.78 Å². The van der Waals surface area contributed by atoms with Crippen LogP contribution in [0.3, 0.4) is 0 Å². The van der Waals surface area contributed by atoms with E-state index in [1.807, 2.05) is 0 Å². The molecule has 1 aliphatic rings. The van der Waals surface area contributed by atoms with Crippen molar-refractivity contribution < 1.29 is 4.79 Å². The molecule has 1 aromatic carbocycles. The fourth-order valence-corrected chi connectivity index (χ4v) is 4.15. The molecule has 0 amide bonds. The first-order valence-electron chi connectivity index (χ1n) is 10.0. The molecule has 25 heavy (non-hydrogen) atoms. The van der Waals surface area contributed by atoms with Crippen LogP contribution in [0.5, 0.6) is 0 Å². The lowest BCUT2D eigenvalue weighted by molar-refractivity contribution is -0.118. The maximum atomic E-state index is 12.7. The number of benzene rings is 1. The smallest absolute Gasteiger partial charge is 0.137 e. The van der Waals surface area contributed by atoms with E-state index >= 15 is 0 Å². The molecule has 0 N–H and O–H groups in total. The molecular formula is C24H34O. The number of ketones is 1. The van der Waals surface area contributed by atoms with Gasteiger partial charge in [0, 0.05) is 18.8 Å². The monoisotopic (exact) mass is 338 g/mol. The molecule has 1 heteroatoms.